The predicted octanol–water partition coefficient (Wildman–Crippen LogP) is 2.31. The van der Waals surface area contributed by atoms with Gasteiger partial charge in [-0.1, -0.05) is 48.5 Å². The quantitative estimate of drug-likeness (QED) is 0.407. The smallest absolute Gasteiger partial charge is 0.326 e. The lowest BCUT2D eigenvalue weighted by Gasteiger charge is -2.22. The van der Waals surface area contributed by atoms with Gasteiger partial charge in [0.2, 0.25) is 5.91 Å². The number of carboxylic acid groups (broad SMARTS) is 1. The SMILES string of the molecule is CF.NCCCCC(NC(=O)C(Cc1ccccc1)NC(=O)c1ccccc1)C(=O)O. The van der Waals surface area contributed by atoms with E-state index in [1.54, 1.807) is 30.3 Å². The second kappa shape index (κ2) is 14.7. The predicted molar refractivity (Wildman–Crippen MR) is 117 cm³/mol. The summed E-state index contributed by atoms with van der Waals surface area (Å²) in [6, 6.07) is 15.9. The summed E-state index contributed by atoms with van der Waals surface area (Å²) in [4.78, 5) is 36.9. The van der Waals surface area contributed by atoms with Gasteiger partial charge in [0.05, 0.1) is 7.18 Å². The Morgan fingerprint density at radius 3 is 2.03 bits per heavy atom. The molecule has 8 heteroatoms. The number of carbonyl (C=O) groups excluding carboxylic acids is 2. The number of alkyl halides is 1. The van der Waals surface area contributed by atoms with E-state index >= 15 is 0 Å². The molecule has 31 heavy (non-hydrogen) atoms. The van der Waals surface area contributed by atoms with Crippen LogP contribution in [0.25, 0.3) is 0 Å². The third-order valence-electron chi connectivity index (χ3n) is 4.50. The van der Waals surface area contributed by atoms with Crippen LogP contribution in [0.3, 0.4) is 0 Å². The maximum atomic E-state index is 12.8. The minimum absolute atomic E-state index is 0.250. The van der Waals surface area contributed by atoms with Crippen LogP contribution in [0.2, 0.25) is 0 Å². The van der Waals surface area contributed by atoms with E-state index in [9.17, 15) is 23.9 Å². The third-order valence-corrected chi connectivity index (χ3v) is 4.50. The van der Waals surface area contributed by atoms with Gasteiger partial charge in [0.1, 0.15) is 12.1 Å². The van der Waals surface area contributed by atoms with Crippen molar-refractivity contribution < 1.29 is 23.9 Å². The maximum Gasteiger partial charge on any atom is 0.326 e. The van der Waals surface area contributed by atoms with Gasteiger partial charge in [0.25, 0.3) is 5.91 Å². The number of hydrogen-bond acceptors (Lipinski definition) is 4. The molecule has 5 N–H and O–H groups in total. The van der Waals surface area contributed by atoms with Gasteiger partial charge in [-0.25, -0.2) is 4.79 Å². The molecule has 0 aliphatic carbocycles. The molecule has 2 atom stereocenters. The first-order valence-electron chi connectivity index (χ1n) is 10.0. The van der Waals surface area contributed by atoms with Gasteiger partial charge < -0.3 is 21.5 Å². The van der Waals surface area contributed by atoms with E-state index in [2.05, 4.69) is 10.6 Å². The largest absolute Gasteiger partial charge is 0.480 e. The number of benzene rings is 2. The zero-order chi connectivity index (χ0) is 23.1. The summed E-state index contributed by atoms with van der Waals surface area (Å²) in [5.74, 6) is -2.03. The zero-order valence-electron chi connectivity index (χ0n) is 17.6. The Morgan fingerprint density at radius 2 is 1.48 bits per heavy atom. The van der Waals surface area contributed by atoms with E-state index in [-0.39, 0.29) is 12.8 Å². The molecule has 0 radical (unpaired) electrons. The van der Waals surface area contributed by atoms with Gasteiger partial charge in [0, 0.05) is 12.0 Å². The van der Waals surface area contributed by atoms with E-state index < -0.39 is 29.9 Å². The molecule has 0 heterocycles. The van der Waals surface area contributed by atoms with E-state index in [1.807, 2.05) is 30.3 Å². The zero-order valence-corrected chi connectivity index (χ0v) is 17.6. The molecule has 0 spiro atoms. The Hall–Kier alpha value is -3.26. The van der Waals surface area contributed by atoms with Gasteiger partial charge in [-0.05, 0) is 43.5 Å². The highest BCUT2D eigenvalue weighted by Crippen LogP contribution is 2.08. The molecule has 168 valence electrons. The fourth-order valence-corrected chi connectivity index (χ4v) is 2.91. The van der Waals surface area contributed by atoms with Crippen molar-refractivity contribution in [2.24, 2.45) is 5.73 Å². The number of nitrogens with one attached hydrogen (secondary N) is 2. The first-order chi connectivity index (χ1) is 15.0. The van der Waals surface area contributed by atoms with Crippen LogP contribution in [0.4, 0.5) is 4.39 Å². The molecule has 0 aliphatic rings. The van der Waals surface area contributed by atoms with Crippen LogP contribution in [0.5, 0.6) is 0 Å². The highest BCUT2D eigenvalue weighted by atomic mass is 19.1. The van der Waals surface area contributed by atoms with Crippen molar-refractivity contribution in [2.45, 2.75) is 37.8 Å². The summed E-state index contributed by atoms with van der Waals surface area (Å²) in [7, 11) is 0.500. The number of aliphatic carboxylic acids is 1. The van der Waals surface area contributed by atoms with Crippen LogP contribution in [-0.4, -0.2) is 48.7 Å². The number of amides is 2. The molecule has 2 rings (SSSR count). The monoisotopic (exact) mass is 431 g/mol. The number of halogens is 1. The van der Waals surface area contributed by atoms with Gasteiger partial charge in [-0.3, -0.25) is 14.0 Å². The molecular weight excluding hydrogens is 401 g/mol. The molecule has 7 nitrogen and oxygen atoms in total. The second-order valence-electron chi connectivity index (χ2n) is 6.77. The van der Waals surface area contributed by atoms with E-state index in [1.165, 1.54) is 0 Å². The molecule has 2 aromatic carbocycles. The van der Waals surface area contributed by atoms with E-state index in [0.717, 1.165) is 5.56 Å². The number of carboxylic acids is 1. The molecule has 0 saturated heterocycles. The number of rotatable bonds is 11. The lowest BCUT2D eigenvalue weighted by atomic mass is 10.0. The lowest BCUT2D eigenvalue weighted by molar-refractivity contribution is -0.142. The van der Waals surface area contributed by atoms with Gasteiger partial charge in [-0.15, -0.1) is 0 Å². The average molecular weight is 432 g/mol. The number of carbonyl (C=O) groups is 3. The van der Waals surface area contributed by atoms with E-state index in [4.69, 9.17) is 5.73 Å². The molecule has 2 amide bonds. The Kier molecular flexibility index (Phi) is 12.2. The van der Waals surface area contributed by atoms with Crippen molar-refractivity contribution in [3.05, 3.63) is 71.8 Å². The van der Waals surface area contributed by atoms with Gasteiger partial charge in [-0.2, -0.15) is 0 Å². The summed E-state index contributed by atoms with van der Waals surface area (Å²) >= 11 is 0. The first kappa shape index (κ1) is 25.8. The van der Waals surface area contributed by atoms with Crippen molar-refractivity contribution in [3.63, 3.8) is 0 Å². The third kappa shape index (κ3) is 9.39. The molecule has 2 unspecified atom stereocenters. The summed E-state index contributed by atoms with van der Waals surface area (Å²) in [5.41, 5.74) is 6.74. The molecule has 0 aliphatic heterocycles. The van der Waals surface area contributed by atoms with Gasteiger partial charge in [0.15, 0.2) is 0 Å². The van der Waals surface area contributed by atoms with Crippen LogP contribution < -0.4 is 16.4 Å². The normalized spacial score (nSPS) is 12.0. The standard InChI is InChI=1S/C22H27N3O4.CH3F/c23-14-8-7-13-18(22(28)29)24-21(27)19(15-16-9-3-1-4-10-16)25-20(26)17-11-5-2-6-12-17;1-2/h1-6,9-12,18-19H,7-8,13-15,23H2,(H,24,27)(H,25,26)(H,28,29);1H3. The van der Waals surface area contributed by atoms with Crippen molar-refractivity contribution in [1.29, 1.82) is 0 Å². The molecule has 0 bridgehead atoms. The Morgan fingerprint density at radius 1 is 0.903 bits per heavy atom. The van der Waals surface area contributed by atoms with Crippen LogP contribution in [0.1, 0.15) is 35.2 Å². The maximum absolute atomic E-state index is 12.8. The summed E-state index contributed by atoms with van der Waals surface area (Å²) in [6.45, 7) is 0.462. The molecule has 0 saturated carbocycles. The molecule has 0 aromatic heterocycles. The van der Waals surface area contributed by atoms with Crippen molar-refractivity contribution >= 4 is 17.8 Å². The van der Waals surface area contributed by atoms with Gasteiger partial charge >= 0.3 is 5.97 Å². The number of nitrogens with two attached hydrogens (primary N) is 1. The Balaban J connectivity index is 0.00000233. The summed E-state index contributed by atoms with van der Waals surface area (Å²) < 4.78 is 9.50. The summed E-state index contributed by atoms with van der Waals surface area (Å²) in [6.07, 6.45) is 1.80. The number of hydrogen-bond donors (Lipinski definition) is 4. The topological polar surface area (TPSA) is 122 Å². The second-order valence-corrected chi connectivity index (χ2v) is 6.77. The molecule has 0 fully saturated rings. The van der Waals surface area contributed by atoms with Crippen LogP contribution in [0.15, 0.2) is 60.7 Å². The summed E-state index contributed by atoms with van der Waals surface area (Å²) in [5, 5.41) is 14.7. The van der Waals surface area contributed by atoms with Crippen molar-refractivity contribution in [3.8, 4) is 0 Å². The van der Waals surface area contributed by atoms with Crippen molar-refractivity contribution in [2.75, 3.05) is 13.7 Å². The molecular formula is C23H30FN3O4. The first-order valence-corrected chi connectivity index (χ1v) is 10.0. The minimum atomic E-state index is -1.11. The average Bonchev–Trinajstić information content (AvgIpc) is 2.80. The van der Waals surface area contributed by atoms with Crippen LogP contribution >= 0.6 is 0 Å². The molecule has 2 aromatic rings. The van der Waals surface area contributed by atoms with E-state index in [0.29, 0.717) is 32.1 Å². The van der Waals surface area contributed by atoms with Crippen LogP contribution in [-0.2, 0) is 16.0 Å². The van der Waals surface area contributed by atoms with Crippen molar-refractivity contribution in [1.82, 2.24) is 10.6 Å². The fraction of sp³-hybridized carbons (Fsp3) is 0.348. The Bertz CT molecular complexity index is 803. The lowest BCUT2D eigenvalue weighted by Crippen LogP contribution is -2.52. The highest BCUT2D eigenvalue weighted by molar-refractivity contribution is 5.98. The minimum Gasteiger partial charge on any atom is -0.480 e. The number of unbranched alkanes of at least 4 members (excludes halogenated alkanes) is 1. The fourth-order valence-electron chi connectivity index (χ4n) is 2.91. The van der Waals surface area contributed by atoms with Crippen LogP contribution in [0, 0.1) is 0 Å². The highest BCUT2D eigenvalue weighted by Gasteiger charge is 2.26. The Labute approximate surface area is 181 Å².